The van der Waals surface area contributed by atoms with E-state index in [0.717, 1.165) is 31.6 Å². The van der Waals surface area contributed by atoms with Gasteiger partial charge in [0.05, 0.1) is 6.61 Å². The van der Waals surface area contributed by atoms with Gasteiger partial charge < -0.3 is 15.2 Å². The number of ether oxygens (including phenoxy) is 2. The molecule has 0 aromatic rings. The first kappa shape index (κ1) is 14.5. The zero-order valence-corrected chi connectivity index (χ0v) is 11.2. The lowest BCUT2D eigenvalue weighted by atomic mass is 9.76. The van der Waals surface area contributed by atoms with Crippen molar-refractivity contribution in [1.29, 1.82) is 0 Å². The summed E-state index contributed by atoms with van der Waals surface area (Å²) in [6.45, 7) is 4.43. The van der Waals surface area contributed by atoms with Crippen LogP contribution in [0.5, 0.6) is 0 Å². The molecule has 1 rings (SSSR count). The Bertz CT molecular complexity index is 247. The second kappa shape index (κ2) is 6.36. The van der Waals surface area contributed by atoms with Gasteiger partial charge in [-0.05, 0) is 38.5 Å². The van der Waals surface area contributed by atoms with Crippen LogP contribution in [0.2, 0.25) is 0 Å². The number of hydrogen-bond donors (Lipinski definition) is 1. The van der Waals surface area contributed by atoms with Crippen molar-refractivity contribution in [2.24, 2.45) is 11.7 Å². The SMILES string of the molecule is CCC1CCC(N)(C(=O)OC(C)COC)CC1. The number of carbonyl (C=O) groups is 1. The van der Waals surface area contributed by atoms with Crippen molar-refractivity contribution < 1.29 is 14.3 Å². The van der Waals surface area contributed by atoms with E-state index < -0.39 is 5.54 Å². The maximum atomic E-state index is 12.0. The normalized spacial score (nSPS) is 30.9. The Morgan fingerprint density at radius 2 is 2.06 bits per heavy atom. The molecule has 1 atom stereocenters. The van der Waals surface area contributed by atoms with Crippen LogP contribution in [0.1, 0.15) is 46.0 Å². The molecule has 100 valence electrons. The lowest BCUT2D eigenvalue weighted by Gasteiger charge is -2.35. The summed E-state index contributed by atoms with van der Waals surface area (Å²) in [5, 5.41) is 0. The van der Waals surface area contributed by atoms with Gasteiger partial charge in [0, 0.05) is 7.11 Å². The average Bonchev–Trinajstić information content (AvgIpc) is 2.30. The third kappa shape index (κ3) is 3.96. The number of nitrogens with two attached hydrogens (primary N) is 1. The van der Waals surface area contributed by atoms with Gasteiger partial charge >= 0.3 is 5.97 Å². The fourth-order valence-corrected chi connectivity index (χ4v) is 2.37. The summed E-state index contributed by atoms with van der Waals surface area (Å²) < 4.78 is 10.3. The second-order valence-corrected chi connectivity index (χ2v) is 5.18. The van der Waals surface area contributed by atoms with E-state index in [1.807, 2.05) is 6.92 Å². The molecule has 1 saturated carbocycles. The Balaban J connectivity index is 2.45. The maximum absolute atomic E-state index is 12.0. The van der Waals surface area contributed by atoms with Crippen molar-refractivity contribution in [1.82, 2.24) is 0 Å². The monoisotopic (exact) mass is 243 g/mol. The van der Waals surface area contributed by atoms with Crippen molar-refractivity contribution >= 4 is 5.97 Å². The third-order valence-corrected chi connectivity index (χ3v) is 3.69. The molecule has 0 aliphatic heterocycles. The standard InChI is InChI=1S/C13H25NO3/c1-4-11-5-7-13(14,8-6-11)12(15)17-10(2)9-16-3/h10-11H,4-9,14H2,1-3H3. The first-order chi connectivity index (χ1) is 8.01. The Kier molecular flexibility index (Phi) is 5.40. The lowest BCUT2D eigenvalue weighted by Crippen LogP contribution is -2.52. The van der Waals surface area contributed by atoms with Crippen LogP contribution in [-0.2, 0) is 14.3 Å². The fraction of sp³-hybridized carbons (Fsp3) is 0.923. The molecular weight excluding hydrogens is 218 g/mol. The van der Waals surface area contributed by atoms with Crippen LogP contribution in [0.25, 0.3) is 0 Å². The van der Waals surface area contributed by atoms with Crippen molar-refractivity contribution in [3.8, 4) is 0 Å². The molecule has 0 spiro atoms. The molecule has 1 aliphatic carbocycles. The number of carbonyl (C=O) groups excluding carboxylic acids is 1. The summed E-state index contributed by atoms with van der Waals surface area (Å²) in [5.74, 6) is 0.451. The van der Waals surface area contributed by atoms with E-state index in [1.54, 1.807) is 7.11 Å². The van der Waals surface area contributed by atoms with Crippen molar-refractivity contribution in [3.05, 3.63) is 0 Å². The number of rotatable bonds is 5. The first-order valence-electron chi connectivity index (χ1n) is 6.50. The van der Waals surface area contributed by atoms with Gasteiger partial charge in [0.1, 0.15) is 11.6 Å². The van der Waals surface area contributed by atoms with E-state index in [9.17, 15) is 4.79 Å². The van der Waals surface area contributed by atoms with Gasteiger partial charge in [0.15, 0.2) is 0 Å². The van der Waals surface area contributed by atoms with E-state index in [-0.39, 0.29) is 12.1 Å². The minimum Gasteiger partial charge on any atom is -0.459 e. The minimum atomic E-state index is -0.770. The molecule has 1 fully saturated rings. The second-order valence-electron chi connectivity index (χ2n) is 5.18. The van der Waals surface area contributed by atoms with Crippen LogP contribution in [0.15, 0.2) is 0 Å². The molecule has 0 aromatic carbocycles. The molecule has 2 N–H and O–H groups in total. The van der Waals surface area contributed by atoms with Crippen molar-refractivity contribution in [3.63, 3.8) is 0 Å². The van der Waals surface area contributed by atoms with Gasteiger partial charge in [-0.1, -0.05) is 13.3 Å². The summed E-state index contributed by atoms with van der Waals surface area (Å²) in [7, 11) is 1.59. The van der Waals surface area contributed by atoms with Crippen LogP contribution in [0.4, 0.5) is 0 Å². The number of hydrogen-bond acceptors (Lipinski definition) is 4. The molecule has 0 heterocycles. The van der Waals surface area contributed by atoms with Crippen LogP contribution in [0.3, 0.4) is 0 Å². The molecule has 0 bridgehead atoms. The van der Waals surface area contributed by atoms with Crippen LogP contribution < -0.4 is 5.73 Å². The zero-order chi connectivity index (χ0) is 12.9. The molecule has 0 amide bonds. The van der Waals surface area contributed by atoms with E-state index in [4.69, 9.17) is 15.2 Å². The Morgan fingerprint density at radius 3 is 2.53 bits per heavy atom. The third-order valence-electron chi connectivity index (χ3n) is 3.69. The van der Waals surface area contributed by atoms with E-state index in [0.29, 0.717) is 6.61 Å². The fourth-order valence-electron chi connectivity index (χ4n) is 2.37. The molecule has 0 radical (unpaired) electrons. The highest BCUT2D eigenvalue weighted by molar-refractivity contribution is 5.80. The maximum Gasteiger partial charge on any atom is 0.326 e. The highest BCUT2D eigenvalue weighted by Crippen LogP contribution is 2.33. The van der Waals surface area contributed by atoms with Gasteiger partial charge in [-0.25, -0.2) is 0 Å². The number of esters is 1. The molecule has 1 unspecified atom stereocenters. The van der Waals surface area contributed by atoms with Crippen molar-refractivity contribution in [2.75, 3.05) is 13.7 Å². The van der Waals surface area contributed by atoms with Crippen molar-refractivity contribution in [2.45, 2.75) is 57.6 Å². The molecule has 1 aliphatic rings. The van der Waals surface area contributed by atoms with Crippen LogP contribution >= 0.6 is 0 Å². The average molecular weight is 243 g/mol. The smallest absolute Gasteiger partial charge is 0.326 e. The molecule has 4 heteroatoms. The summed E-state index contributed by atoms with van der Waals surface area (Å²) in [4.78, 5) is 12.0. The topological polar surface area (TPSA) is 61.6 Å². The largest absolute Gasteiger partial charge is 0.459 e. The summed E-state index contributed by atoms with van der Waals surface area (Å²) in [5.41, 5.74) is 5.38. The summed E-state index contributed by atoms with van der Waals surface area (Å²) in [6, 6.07) is 0. The Morgan fingerprint density at radius 1 is 1.47 bits per heavy atom. The molecule has 0 aromatic heterocycles. The van der Waals surface area contributed by atoms with Gasteiger partial charge in [-0.15, -0.1) is 0 Å². The highest BCUT2D eigenvalue weighted by Gasteiger charge is 2.39. The lowest BCUT2D eigenvalue weighted by molar-refractivity contribution is -0.158. The van der Waals surface area contributed by atoms with Crippen LogP contribution in [-0.4, -0.2) is 31.3 Å². The Hall–Kier alpha value is -0.610. The Labute approximate surface area is 104 Å². The molecule has 17 heavy (non-hydrogen) atoms. The van der Waals surface area contributed by atoms with E-state index >= 15 is 0 Å². The molecule has 4 nitrogen and oxygen atoms in total. The van der Waals surface area contributed by atoms with Gasteiger partial charge in [0.25, 0.3) is 0 Å². The minimum absolute atomic E-state index is 0.225. The van der Waals surface area contributed by atoms with Crippen LogP contribution in [0, 0.1) is 5.92 Å². The predicted molar refractivity (Wildman–Crippen MR) is 66.6 cm³/mol. The predicted octanol–water partition coefficient (Wildman–Crippen LogP) is 1.86. The molecular formula is C13H25NO3. The highest BCUT2D eigenvalue weighted by atomic mass is 16.6. The number of methoxy groups -OCH3 is 1. The van der Waals surface area contributed by atoms with Gasteiger partial charge in [0.2, 0.25) is 0 Å². The summed E-state index contributed by atoms with van der Waals surface area (Å²) >= 11 is 0. The van der Waals surface area contributed by atoms with E-state index in [2.05, 4.69) is 6.92 Å². The van der Waals surface area contributed by atoms with Gasteiger partial charge in [-0.3, -0.25) is 4.79 Å². The quantitative estimate of drug-likeness (QED) is 0.749. The zero-order valence-electron chi connectivity index (χ0n) is 11.2. The summed E-state index contributed by atoms with van der Waals surface area (Å²) in [6.07, 6.45) is 4.48. The van der Waals surface area contributed by atoms with Gasteiger partial charge in [-0.2, -0.15) is 0 Å². The molecule has 0 saturated heterocycles. The first-order valence-corrected chi connectivity index (χ1v) is 6.50. The van der Waals surface area contributed by atoms with E-state index in [1.165, 1.54) is 6.42 Å².